The third-order valence-electron chi connectivity index (χ3n) is 3.76. The van der Waals surface area contributed by atoms with Crippen molar-refractivity contribution in [2.45, 2.75) is 18.8 Å². The summed E-state index contributed by atoms with van der Waals surface area (Å²) in [6, 6.07) is 10.8. The zero-order valence-corrected chi connectivity index (χ0v) is 10.7. The Morgan fingerprint density at radius 3 is 2.40 bits per heavy atom. The monoisotopic (exact) mass is 273 g/mol. The zero-order chi connectivity index (χ0) is 14.1. The van der Waals surface area contributed by atoms with Gasteiger partial charge in [-0.15, -0.1) is 0 Å². The van der Waals surface area contributed by atoms with Crippen molar-refractivity contribution in [2.24, 2.45) is 5.16 Å². The van der Waals surface area contributed by atoms with Crippen molar-refractivity contribution in [3.63, 3.8) is 0 Å². The van der Waals surface area contributed by atoms with E-state index >= 15 is 0 Å². The van der Waals surface area contributed by atoms with Gasteiger partial charge in [-0.2, -0.15) is 0 Å². The molecule has 3 rings (SSSR count). The van der Waals surface area contributed by atoms with E-state index in [1.807, 2.05) is 0 Å². The average molecular weight is 273 g/mol. The van der Waals surface area contributed by atoms with Crippen LogP contribution in [0.3, 0.4) is 0 Å². The van der Waals surface area contributed by atoms with Gasteiger partial charge in [0.2, 0.25) is 0 Å². The lowest BCUT2D eigenvalue weighted by atomic mass is 9.78. The van der Waals surface area contributed by atoms with Crippen LogP contribution >= 0.6 is 0 Å². The molecular formula is C16H13F2NO. The molecule has 20 heavy (non-hydrogen) atoms. The van der Waals surface area contributed by atoms with Crippen LogP contribution in [0.1, 0.15) is 35.4 Å². The van der Waals surface area contributed by atoms with Crippen LogP contribution in [-0.2, 0) is 0 Å². The first kappa shape index (κ1) is 12.8. The van der Waals surface area contributed by atoms with Gasteiger partial charge >= 0.3 is 0 Å². The summed E-state index contributed by atoms with van der Waals surface area (Å²) < 4.78 is 26.4. The van der Waals surface area contributed by atoms with E-state index in [9.17, 15) is 8.78 Å². The largest absolute Gasteiger partial charge is 0.411 e. The van der Waals surface area contributed by atoms with Crippen molar-refractivity contribution < 1.29 is 14.0 Å². The highest BCUT2D eigenvalue weighted by Crippen LogP contribution is 2.37. The normalized spacial score (nSPS) is 19.9. The molecule has 0 spiro atoms. The summed E-state index contributed by atoms with van der Waals surface area (Å²) in [5.74, 6) is -0.567. The maximum atomic E-state index is 13.4. The fourth-order valence-electron chi connectivity index (χ4n) is 2.80. The standard InChI is InChI=1S/C16H13F2NO/c17-11-3-1-10(2-4-11)13-7-8-16(19-20)15-9-12(18)5-6-14(13)15/h1-6,9,13,20H,7-8H2/b19-16-. The topological polar surface area (TPSA) is 32.6 Å². The Morgan fingerprint density at radius 2 is 1.70 bits per heavy atom. The first-order valence-corrected chi connectivity index (χ1v) is 6.45. The van der Waals surface area contributed by atoms with E-state index in [4.69, 9.17) is 5.21 Å². The molecule has 1 atom stereocenters. The zero-order valence-electron chi connectivity index (χ0n) is 10.7. The maximum Gasteiger partial charge on any atom is 0.123 e. The van der Waals surface area contributed by atoms with Gasteiger partial charge in [0.05, 0.1) is 5.71 Å². The minimum absolute atomic E-state index is 0.0664. The fraction of sp³-hybridized carbons (Fsp3) is 0.188. The average Bonchev–Trinajstić information content (AvgIpc) is 2.47. The SMILES string of the molecule is O/N=C1/CCC(c2ccc(F)cc2)c2ccc(F)cc21. The molecule has 0 aromatic heterocycles. The molecule has 1 unspecified atom stereocenters. The van der Waals surface area contributed by atoms with Crippen LogP contribution in [0.15, 0.2) is 47.6 Å². The quantitative estimate of drug-likeness (QED) is 0.616. The molecule has 0 bridgehead atoms. The lowest BCUT2D eigenvalue weighted by Gasteiger charge is -2.26. The maximum absolute atomic E-state index is 13.4. The predicted molar refractivity (Wildman–Crippen MR) is 72.2 cm³/mol. The highest BCUT2D eigenvalue weighted by atomic mass is 19.1. The second-order valence-corrected chi connectivity index (χ2v) is 4.92. The number of fused-ring (bicyclic) bond motifs is 1. The second-order valence-electron chi connectivity index (χ2n) is 4.92. The molecule has 0 aliphatic heterocycles. The van der Waals surface area contributed by atoms with Crippen molar-refractivity contribution in [2.75, 3.05) is 0 Å². The van der Waals surface area contributed by atoms with Gasteiger partial charge in [0.1, 0.15) is 11.6 Å². The highest BCUT2D eigenvalue weighted by molar-refractivity contribution is 6.02. The Labute approximate surface area is 115 Å². The molecule has 0 amide bonds. The van der Waals surface area contributed by atoms with E-state index in [1.165, 1.54) is 24.3 Å². The molecule has 0 fully saturated rings. The van der Waals surface area contributed by atoms with Gasteiger partial charge in [-0.3, -0.25) is 0 Å². The van der Waals surface area contributed by atoms with Gasteiger partial charge in [0, 0.05) is 11.5 Å². The molecule has 0 saturated heterocycles. The Kier molecular flexibility index (Phi) is 3.22. The molecule has 2 nitrogen and oxygen atoms in total. The van der Waals surface area contributed by atoms with Crippen molar-refractivity contribution in [1.82, 2.24) is 0 Å². The number of hydrogen-bond acceptors (Lipinski definition) is 2. The minimum Gasteiger partial charge on any atom is -0.411 e. The van der Waals surface area contributed by atoms with Gasteiger partial charge in [0.25, 0.3) is 0 Å². The Morgan fingerprint density at radius 1 is 1.00 bits per heavy atom. The van der Waals surface area contributed by atoms with Gasteiger partial charge < -0.3 is 5.21 Å². The fourth-order valence-corrected chi connectivity index (χ4v) is 2.80. The van der Waals surface area contributed by atoms with Crippen molar-refractivity contribution >= 4 is 5.71 Å². The van der Waals surface area contributed by atoms with Crippen LogP contribution in [0.4, 0.5) is 8.78 Å². The molecule has 0 saturated carbocycles. The van der Waals surface area contributed by atoms with Crippen LogP contribution in [0.2, 0.25) is 0 Å². The van der Waals surface area contributed by atoms with E-state index in [1.54, 1.807) is 18.2 Å². The Hall–Kier alpha value is -2.23. The lowest BCUT2D eigenvalue weighted by molar-refractivity contribution is 0.317. The summed E-state index contributed by atoms with van der Waals surface area (Å²) in [5, 5.41) is 12.3. The van der Waals surface area contributed by atoms with Crippen LogP contribution in [0, 0.1) is 11.6 Å². The lowest BCUT2D eigenvalue weighted by Crippen LogP contribution is -2.17. The summed E-state index contributed by atoms with van der Waals surface area (Å²) in [4.78, 5) is 0. The minimum atomic E-state index is -0.357. The second kappa shape index (κ2) is 5.04. The molecule has 0 radical (unpaired) electrons. The van der Waals surface area contributed by atoms with Crippen LogP contribution < -0.4 is 0 Å². The number of oxime groups is 1. The molecule has 0 heterocycles. The van der Waals surface area contributed by atoms with Crippen LogP contribution in [-0.4, -0.2) is 10.9 Å². The number of rotatable bonds is 1. The van der Waals surface area contributed by atoms with Crippen molar-refractivity contribution in [3.8, 4) is 0 Å². The van der Waals surface area contributed by atoms with E-state index in [2.05, 4.69) is 5.16 Å². The third kappa shape index (κ3) is 2.18. The first-order valence-electron chi connectivity index (χ1n) is 6.45. The number of benzene rings is 2. The van der Waals surface area contributed by atoms with Gasteiger partial charge in [-0.05, 0) is 48.2 Å². The smallest absolute Gasteiger partial charge is 0.123 e. The van der Waals surface area contributed by atoms with Crippen molar-refractivity contribution in [1.29, 1.82) is 0 Å². The molecule has 102 valence electrons. The Balaban J connectivity index is 2.10. The number of halogens is 2. The summed E-state index contributed by atoms with van der Waals surface area (Å²) in [7, 11) is 0. The molecule has 1 aliphatic rings. The summed E-state index contributed by atoms with van der Waals surface area (Å²) in [5.41, 5.74) is 3.03. The molecule has 1 N–H and O–H groups in total. The van der Waals surface area contributed by atoms with E-state index < -0.39 is 0 Å². The van der Waals surface area contributed by atoms with Gasteiger partial charge in [0.15, 0.2) is 0 Å². The number of nitrogens with zero attached hydrogens (tertiary/aromatic N) is 1. The molecule has 1 aliphatic carbocycles. The van der Waals surface area contributed by atoms with Gasteiger partial charge in [-0.1, -0.05) is 23.4 Å². The van der Waals surface area contributed by atoms with E-state index in [-0.39, 0.29) is 17.6 Å². The molecule has 2 aromatic rings. The molecular weight excluding hydrogens is 260 g/mol. The van der Waals surface area contributed by atoms with E-state index in [0.29, 0.717) is 17.7 Å². The molecule has 4 heteroatoms. The van der Waals surface area contributed by atoms with Crippen molar-refractivity contribution in [3.05, 3.63) is 70.8 Å². The van der Waals surface area contributed by atoms with Gasteiger partial charge in [-0.25, -0.2) is 8.78 Å². The number of hydrogen-bond donors (Lipinski definition) is 1. The summed E-state index contributed by atoms with van der Waals surface area (Å²) in [6.45, 7) is 0. The van der Waals surface area contributed by atoms with E-state index in [0.717, 1.165) is 17.5 Å². The molecule has 2 aromatic carbocycles. The predicted octanol–water partition coefficient (Wildman–Crippen LogP) is 4.07. The highest BCUT2D eigenvalue weighted by Gasteiger charge is 2.26. The third-order valence-corrected chi connectivity index (χ3v) is 3.76. The Bertz CT molecular complexity index is 665. The summed E-state index contributed by atoms with van der Waals surface area (Å²) >= 11 is 0. The van der Waals surface area contributed by atoms with Crippen LogP contribution in [0.25, 0.3) is 0 Å². The first-order chi connectivity index (χ1) is 9.69. The summed E-state index contributed by atoms with van der Waals surface area (Å²) in [6.07, 6.45) is 1.32. The van der Waals surface area contributed by atoms with Crippen LogP contribution in [0.5, 0.6) is 0 Å².